The summed E-state index contributed by atoms with van der Waals surface area (Å²) in [5.74, 6) is 0.978. The van der Waals surface area contributed by atoms with E-state index < -0.39 is 12.8 Å². The van der Waals surface area contributed by atoms with Crippen LogP contribution in [0.2, 0.25) is 0 Å². The summed E-state index contributed by atoms with van der Waals surface area (Å²) in [5, 5.41) is 3.09. The lowest BCUT2D eigenvalue weighted by atomic mass is 10.0. The van der Waals surface area contributed by atoms with Gasteiger partial charge < -0.3 is 24.1 Å². The first kappa shape index (κ1) is 24.9. The van der Waals surface area contributed by atoms with Crippen LogP contribution in [-0.4, -0.2) is 71.9 Å². The fourth-order valence-electron chi connectivity index (χ4n) is 4.19. The summed E-state index contributed by atoms with van der Waals surface area (Å²) in [6.07, 6.45) is 1.62. The van der Waals surface area contributed by atoms with Gasteiger partial charge in [0.15, 0.2) is 6.61 Å². The van der Waals surface area contributed by atoms with Crippen LogP contribution in [0.15, 0.2) is 10.6 Å². The van der Waals surface area contributed by atoms with Gasteiger partial charge in [-0.3, -0.25) is 4.79 Å². The minimum Gasteiger partial charge on any atom is -0.460 e. The van der Waals surface area contributed by atoms with Crippen molar-refractivity contribution < 1.29 is 31.9 Å². The number of ether oxygens (including phenoxy) is 2. The summed E-state index contributed by atoms with van der Waals surface area (Å²) in [6.45, 7) is 3.50. The average Bonchev–Trinajstić information content (AvgIpc) is 3.32. The van der Waals surface area contributed by atoms with Crippen LogP contribution in [0, 0.1) is 6.92 Å². The molecule has 2 aliphatic heterocycles. The van der Waals surface area contributed by atoms with Crippen molar-refractivity contribution in [2.75, 3.05) is 32.8 Å². The second-order valence-electron chi connectivity index (χ2n) is 8.72. The molecule has 0 aliphatic carbocycles. The van der Waals surface area contributed by atoms with Crippen molar-refractivity contribution in [3.05, 3.63) is 28.4 Å². The van der Waals surface area contributed by atoms with Crippen LogP contribution in [-0.2, 0) is 28.8 Å². The van der Waals surface area contributed by atoms with E-state index in [9.17, 15) is 18.0 Å². The number of hydrogen-bond donors (Lipinski definition) is 1. The number of carbonyl (C=O) groups is 1. The Morgan fingerprint density at radius 3 is 2.85 bits per heavy atom. The maximum absolute atomic E-state index is 12.3. The predicted octanol–water partition coefficient (Wildman–Crippen LogP) is 3.08. The molecular weight excluding hydrogens is 473 g/mol. The van der Waals surface area contributed by atoms with Crippen molar-refractivity contribution in [2.24, 2.45) is 0 Å². The number of nitrogens with zero attached hydrogens (tertiary/aromatic N) is 3. The molecule has 2 aromatic heterocycles. The number of alkyl halides is 3. The Morgan fingerprint density at radius 2 is 2.15 bits per heavy atom. The minimum atomic E-state index is -4.36. The molecule has 8 nitrogen and oxygen atoms in total. The van der Waals surface area contributed by atoms with Crippen molar-refractivity contribution in [1.82, 2.24) is 20.2 Å². The van der Waals surface area contributed by atoms with E-state index in [-0.39, 0.29) is 29.7 Å². The summed E-state index contributed by atoms with van der Waals surface area (Å²) in [7, 11) is 0. The monoisotopic (exact) mass is 502 g/mol. The molecule has 0 saturated carbocycles. The Balaban J connectivity index is 1.13. The predicted molar refractivity (Wildman–Crippen MR) is 118 cm³/mol. The first-order valence-electron chi connectivity index (χ1n) is 11.5. The number of fused-ring (bicyclic) bond motifs is 1. The molecule has 4 rings (SSSR count). The lowest BCUT2D eigenvalue weighted by molar-refractivity contribution is -0.153. The third kappa shape index (κ3) is 7.41. The Kier molecular flexibility index (Phi) is 8.10. The molecule has 2 atom stereocenters. The summed E-state index contributed by atoms with van der Waals surface area (Å²) in [5.41, 5.74) is 0.845. The van der Waals surface area contributed by atoms with Gasteiger partial charge in [0.2, 0.25) is 11.8 Å². The molecule has 2 aliphatic rings. The van der Waals surface area contributed by atoms with E-state index in [2.05, 4.69) is 20.2 Å². The highest BCUT2D eigenvalue weighted by Gasteiger charge is 2.30. The molecule has 188 valence electrons. The van der Waals surface area contributed by atoms with E-state index in [1.54, 1.807) is 13.1 Å². The van der Waals surface area contributed by atoms with Gasteiger partial charge in [0.05, 0.1) is 30.6 Å². The molecule has 1 amide bonds. The van der Waals surface area contributed by atoms with E-state index in [1.165, 1.54) is 11.3 Å². The topological polar surface area (TPSA) is 89.7 Å². The quantitative estimate of drug-likeness (QED) is 0.593. The van der Waals surface area contributed by atoms with Gasteiger partial charge in [-0.1, -0.05) is 11.3 Å². The molecule has 1 saturated heterocycles. The van der Waals surface area contributed by atoms with Gasteiger partial charge in [0.1, 0.15) is 12.2 Å². The summed E-state index contributed by atoms with van der Waals surface area (Å²) in [4.78, 5) is 23.8. The van der Waals surface area contributed by atoms with Gasteiger partial charge in [-0.25, -0.2) is 9.97 Å². The number of hydrogen-bond acceptors (Lipinski definition) is 8. The molecular formula is C22H29F3N4O4S. The van der Waals surface area contributed by atoms with Gasteiger partial charge in [0, 0.05) is 30.9 Å². The molecule has 12 heteroatoms. The highest BCUT2D eigenvalue weighted by Crippen LogP contribution is 2.29. The van der Waals surface area contributed by atoms with Crippen LogP contribution in [0.3, 0.4) is 0 Å². The van der Waals surface area contributed by atoms with Crippen LogP contribution >= 0.6 is 11.3 Å². The third-order valence-electron chi connectivity index (χ3n) is 5.92. The highest BCUT2D eigenvalue weighted by molar-refractivity contribution is 7.13. The summed E-state index contributed by atoms with van der Waals surface area (Å²) in [6, 6.07) is -0.00572. The zero-order valence-electron chi connectivity index (χ0n) is 19.0. The van der Waals surface area contributed by atoms with Crippen LogP contribution in [0.4, 0.5) is 13.2 Å². The zero-order valence-corrected chi connectivity index (χ0v) is 19.8. The molecule has 34 heavy (non-hydrogen) atoms. The Bertz CT molecular complexity index is 931. The molecule has 1 N–H and O–H groups in total. The van der Waals surface area contributed by atoms with Crippen molar-refractivity contribution in [3.63, 3.8) is 0 Å². The first-order chi connectivity index (χ1) is 16.2. The molecule has 2 aromatic rings. The molecule has 0 spiro atoms. The molecule has 0 aromatic carbocycles. The van der Waals surface area contributed by atoms with E-state index in [1.807, 2.05) is 0 Å². The zero-order chi connectivity index (χ0) is 24.1. The van der Waals surface area contributed by atoms with Gasteiger partial charge in [-0.05, 0) is 32.6 Å². The molecule has 0 unspecified atom stereocenters. The third-order valence-corrected chi connectivity index (χ3v) is 6.99. The smallest absolute Gasteiger partial charge is 0.422 e. The molecule has 0 radical (unpaired) electrons. The van der Waals surface area contributed by atoms with Crippen molar-refractivity contribution in [1.29, 1.82) is 0 Å². The van der Waals surface area contributed by atoms with Crippen molar-refractivity contribution in [3.8, 4) is 5.19 Å². The summed E-state index contributed by atoms with van der Waals surface area (Å²) < 4.78 is 53.2. The number of halogens is 3. The Morgan fingerprint density at radius 1 is 1.32 bits per heavy atom. The normalized spacial score (nSPS) is 21.6. The number of amides is 1. The van der Waals surface area contributed by atoms with Crippen molar-refractivity contribution >= 4 is 17.2 Å². The molecule has 1 fully saturated rings. The fraction of sp³-hybridized carbons (Fsp3) is 0.682. The number of aryl methyl sites for hydroxylation is 1. The fourth-order valence-corrected chi connectivity index (χ4v) is 5.13. The van der Waals surface area contributed by atoms with Gasteiger partial charge >= 0.3 is 6.18 Å². The maximum Gasteiger partial charge on any atom is 0.422 e. The lowest BCUT2D eigenvalue weighted by Crippen LogP contribution is -2.44. The molecule has 4 heterocycles. The van der Waals surface area contributed by atoms with Crippen LogP contribution < -0.4 is 10.1 Å². The van der Waals surface area contributed by atoms with Crippen LogP contribution in [0.25, 0.3) is 0 Å². The van der Waals surface area contributed by atoms with E-state index >= 15 is 0 Å². The second-order valence-corrected chi connectivity index (χ2v) is 9.77. The van der Waals surface area contributed by atoms with Gasteiger partial charge in [-0.15, -0.1) is 0 Å². The highest BCUT2D eigenvalue weighted by atomic mass is 32.1. The maximum atomic E-state index is 12.3. The van der Waals surface area contributed by atoms with E-state index in [4.69, 9.17) is 13.9 Å². The Labute approximate surface area is 199 Å². The Hall–Kier alpha value is -2.18. The van der Waals surface area contributed by atoms with E-state index in [0.717, 1.165) is 55.9 Å². The van der Waals surface area contributed by atoms with Crippen LogP contribution in [0.5, 0.6) is 5.19 Å². The van der Waals surface area contributed by atoms with Gasteiger partial charge in [-0.2, -0.15) is 13.2 Å². The summed E-state index contributed by atoms with van der Waals surface area (Å²) >= 11 is 1.22. The van der Waals surface area contributed by atoms with Crippen LogP contribution in [0.1, 0.15) is 41.5 Å². The lowest BCUT2D eigenvalue weighted by Gasteiger charge is -2.31. The van der Waals surface area contributed by atoms with Gasteiger partial charge in [0.25, 0.3) is 5.19 Å². The number of oxazole rings is 1. The number of aromatic nitrogens is 2. The minimum absolute atomic E-state index is 0.00572. The standard InChI is InChI=1S/C22H29F3N4O4S/c1-14-11-26-20(33-14)10-19(30)27-15-2-3-16(31-12-15)4-7-29-8-5-17-18(6-9-29)34-21(28-17)32-13-22(23,24)25/h11,15-16H,2-10,12-13H2,1H3,(H,27,30)/t15-,16+/m0/s1. The van der Waals surface area contributed by atoms with E-state index in [0.29, 0.717) is 24.7 Å². The number of thiazole rings is 1. The van der Waals surface area contributed by atoms with Crippen molar-refractivity contribution in [2.45, 2.75) is 63.8 Å². The SMILES string of the molecule is Cc1cnc(CC(=O)N[C@H]2CC[C@H](CCN3CCc4nc(OCC(F)(F)F)sc4CC3)OC2)o1. The molecule has 0 bridgehead atoms. The second kappa shape index (κ2) is 11.0. The average molecular weight is 503 g/mol. The number of carbonyl (C=O) groups excluding carboxylic acids is 1. The largest absolute Gasteiger partial charge is 0.460 e. The number of rotatable bonds is 8. The number of nitrogens with one attached hydrogen (secondary N) is 1. The first-order valence-corrected chi connectivity index (χ1v) is 12.3.